The van der Waals surface area contributed by atoms with E-state index >= 15 is 0 Å². The molecule has 4 nitrogen and oxygen atoms in total. The highest BCUT2D eigenvalue weighted by Gasteiger charge is 2.27. The average Bonchev–Trinajstić information content (AvgIpc) is 2.77. The fraction of sp³-hybridized carbons (Fsp3) is 0.571. The molecule has 0 heterocycles. The van der Waals surface area contributed by atoms with E-state index in [-0.39, 0.29) is 23.0 Å². The minimum atomic E-state index is -3.61. The lowest BCUT2D eigenvalue weighted by molar-refractivity contribution is 0.537. The lowest BCUT2D eigenvalue weighted by atomic mass is 10.1. The summed E-state index contributed by atoms with van der Waals surface area (Å²) < 4.78 is 41.1. The van der Waals surface area contributed by atoms with E-state index in [2.05, 4.69) is 11.6 Å². The summed E-state index contributed by atoms with van der Waals surface area (Å²) in [5, 5.41) is 0. The van der Waals surface area contributed by atoms with Crippen molar-refractivity contribution in [2.24, 2.45) is 11.7 Å². The van der Waals surface area contributed by atoms with Crippen molar-refractivity contribution >= 4 is 10.0 Å². The number of aryl methyl sites for hydroxylation is 1. The number of sulfonamides is 1. The van der Waals surface area contributed by atoms with Gasteiger partial charge >= 0.3 is 0 Å². The zero-order valence-corrected chi connectivity index (χ0v) is 12.6. The number of hydrogen-bond acceptors (Lipinski definition) is 3. The van der Waals surface area contributed by atoms with Crippen LogP contribution in [0.15, 0.2) is 17.0 Å². The number of halogens is 1. The van der Waals surface area contributed by atoms with E-state index in [9.17, 15) is 12.8 Å². The molecule has 2 rings (SSSR count). The van der Waals surface area contributed by atoms with E-state index in [1.54, 1.807) is 6.92 Å². The van der Waals surface area contributed by atoms with Crippen LogP contribution in [0.5, 0.6) is 0 Å². The molecule has 1 aliphatic rings. The third kappa shape index (κ3) is 3.19. The second kappa shape index (κ2) is 5.79. The molecule has 6 heteroatoms. The minimum absolute atomic E-state index is 0.0174. The maximum Gasteiger partial charge on any atom is 0.240 e. The zero-order chi connectivity index (χ0) is 14.9. The first-order valence-corrected chi connectivity index (χ1v) is 8.33. The van der Waals surface area contributed by atoms with E-state index < -0.39 is 15.8 Å². The highest BCUT2D eigenvalue weighted by molar-refractivity contribution is 7.89. The Morgan fingerprint density at radius 1 is 1.40 bits per heavy atom. The molecule has 0 radical (unpaired) electrons. The van der Waals surface area contributed by atoms with Gasteiger partial charge in [-0.2, -0.15) is 0 Å². The van der Waals surface area contributed by atoms with E-state index in [1.165, 1.54) is 12.1 Å². The summed E-state index contributed by atoms with van der Waals surface area (Å²) in [6.45, 7) is 3.64. The number of benzene rings is 1. The van der Waals surface area contributed by atoms with Gasteiger partial charge in [0.1, 0.15) is 5.82 Å². The lowest BCUT2D eigenvalue weighted by Crippen LogP contribution is -2.33. The molecule has 0 bridgehead atoms. The van der Waals surface area contributed by atoms with E-state index in [0.29, 0.717) is 11.5 Å². The molecule has 2 atom stereocenters. The Labute approximate surface area is 119 Å². The molecule has 0 aromatic heterocycles. The molecule has 1 fully saturated rings. The van der Waals surface area contributed by atoms with E-state index in [4.69, 9.17) is 5.73 Å². The van der Waals surface area contributed by atoms with Gasteiger partial charge in [-0.1, -0.05) is 6.92 Å². The molecule has 3 N–H and O–H groups in total. The maximum atomic E-state index is 13.7. The second-order valence-electron chi connectivity index (χ2n) is 5.65. The van der Waals surface area contributed by atoms with Gasteiger partial charge in [-0.05, 0) is 49.8 Å². The molecule has 0 saturated heterocycles. The molecule has 112 valence electrons. The standard InChI is InChI=1S/C14H21FN2O2S/c1-9-3-4-12(5-9)17-20(18,19)13-6-10(2)14(15)11(7-13)8-16/h6-7,9,12,17H,3-5,8,16H2,1-2H3. The van der Waals surface area contributed by atoms with Gasteiger partial charge in [0.25, 0.3) is 0 Å². The summed E-state index contributed by atoms with van der Waals surface area (Å²) in [4.78, 5) is 0.0939. The molecule has 0 amide bonds. The van der Waals surface area contributed by atoms with Crippen LogP contribution in [0.3, 0.4) is 0 Å². The quantitative estimate of drug-likeness (QED) is 0.894. The molecule has 1 aromatic rings. The summed E-state index contributed by atoms with van der Waals surface area (Å²) in [7, 11) is -3.61. The smallest absolute Gasteiger partial charge is 0.240 e. The van der Waals surface area contributed by atoms with E-state index in [0.717, 1.165) is 19.3 Å². The van der Waals surface area contributed by atoms with Gasteiger partial charge in [0.05, 0.1) is 4.90 Å². The summed E-state index contributed by atoms with van der Waals surface area (Å²) >= 11 is 0. The van der Waals surface area contributed by atoms with Crippen molar-refractivity contribution in [3.05, 3.63) is 29.1 Å². The topological polar surface area (TPSA) is 72.2 Å². The van der Waals surface area contributed by atoms with Crippen LogP contribution in [0.1, 0.15) is 37.3 Å². The first kappa shape index (κ1) is 15.4. The van der Waals surface area contributed by atoms with E-state index in [1.807, 2.05) is 0 Å². The fourth-order valence-electron chi connectivity index (χ4n) is 2.71. The normalized spacial score (nSPS) is 23.2. The Kier molecular flexibility index (Phi) is 4.46. The van der Waals surface area contributed by atoms with Crippen LogP contribution in [0.2, 0.25) is 0 Å². The zero-order valence-electron chi connectivity index (χ0n) is 11.8. The average molecular weight is 300 g/mol. The Bertz CT molecular complexity index is 601. The monoisotopic (exact) mass is 300 g/mol. The van der Waals surface area contributed by atoms with Gasteiger partial charge in [0, 0.05) is 18.2 Å². The van der Waals surface area contributed by atoms with Crippen molar-refractivity contribution in [3.63, 3.8) is 0 Å². The van der Waals surface area contributed by atoms with Gasteiger partial charge in [0.15, 0.2) is 0 Å². The van der Waals surface area contributed by atoms with Crippen LogP contribution in [-0.2, 0) is 16.6 Å². The molecular formula is C14H21FN2O2S. The lowest BCUT2D eigenvalue weighted by Gasteiger charge is -2.14. The summed E-state index contributed by atoms with van der Waals surface area (Å²) in [5.74, 6) is 0.109. The van der Waals surface area contributed by atoms with Crippen molar-refractivity contribution < 1.29 is 12.8 Å². The van der Waals surface area contributed by atoms with Crippen molar-refractivity contribution in [1.82, 2.24) is 4.72 Å². The number of rotatable bonds is 4. The number of nitrogens with one attached hydrogen (secondary N) is 1. The first-order valence-electron chi connectivity index (χ1n) is 6.85. The SMILES string of the molecule is Cc1cc(S(=O)(=O)NC2CCC(C)C2)cc(CN)c1F. The molecule has 0 spiro atoms. The van der Waals surface area contributed by atoms with Crippen molar-refractivity contribution in [2.45, 2.75) is 50.6 Å². The molecule has 0 aliphatic heterocycles. The Morgan fingerprint density at radius 2 is 2.10 bits per heavy atom. The van der Waals surface area contributed by atoms with Crippen molar-refractivity contribution in [3.8, 4) is 0 Å². The molecule has 1 aromatic carbocycles. The number of hydrogen-bond donors (Lipinski definition) is 2. The molecule has 1 aliphatic carbocycles. The summed E-state index contributed by atoms with van der Waals surface area (Å²) in [6, 6.07) is 2.65. The third-order valence-corrected chi connectivity index (χ3v) is 5.35. The molecule has 1 saturated carbocycles. The van der Waals surface area contributed by atoms with Gasteiger partial charge in [0.2, 0.25) is 10.0 Å². The maximum absolute atomic E-state index is 13.7. The van der Waals surface area contributed by atoms with Crippen LogP contribution in [-0.4, -0.2) is 14.5 Å². The minimum Gasteiger partial charge on any atom is -0.326 e. The highest BCUT2D eigenvalue weighted by atomic mass is 32.2. The van der Waals surface area contributed by atoms with Crippen LogP contribution in [0, 0.1) is 18.7 Å². The highest BCUT2D eigenvalue weighted by Crippen LogP contribution is 2.26. The molecular weight excluding hydrogens is 279 g/mol. The molecule has 2 unspecified atom stereocenters. The Morgan fingerprint density at radius 3 is 2.65 bits per heavy atom. The fourth-order valence-corrected chi connectivity index (χ4v) is 4.13. The number of nitrogens with two attached hydrogens (primary N) is 1. The largest absolute Gasteiger partial charge is 0.326 e. The second-order valence-corrected chi connectivity index (χ2v) is 7.37. The first-order chi connectivity index (χ1) is 9.33. The Hall–Kier alpha value is -0.980. The summed E-state index contributed by atoms with van der Waals surface area (Å²) in [5.41, 5.74) is 5.98. The Balaban J connectivity index is 2.27. The van der Waals surface area contributed by atoms with Crippen LogP contribution >= 0.6 is 0 Å². The van der Waals surface area contributed by atoms with Crippen molar-refractivity contribution in [1.29, 1.82) is 0 Å². The predicted molar refractivity (Wildman–Crippen MR) is 76.2 cm³/mol. The van der Waals surface area contributed by atoms with Crippen LogP contribution < -0.4 is 10.5 Å². The van der Waals surface area contributed by atoms with Gasteiger partial charge < -0.3 is 5.73 Å². The molecule has 20 heavy (non-hydrogen) atoms. The predicted octanol–water partition coefficient (Wildman–Crippen LogP) is 2.06. The van der Waals surface area contributed by atoms with Gasteiger partial charge in [-0.25, -0.2) is 17.5 Å². The summed E-state index contributed by atoms with van der Waals surface area (Å²) in [6.07, 6.45) is 2.73. The van der Waals surface area contributed by atoms with Gasteiger partial charge in [-0.15, -0.1) is 0 Å². The third-order valence-electron chi connectivity index (χ3n) is 3.85. The van der Waals surface area contributed by atoms with Crippen LogP contribution in [0.25, 0.3) is 0 Å². The van der Waals surface area contributed by atoms with Crippen LogP contribution in [0.4, 0.5) is 4.39 Å². The van der Waals surface area contributed by atoms with Crippen molar-refractivity contribution in [2.75, 3.05) is 0 Å². The van der Waals surface area contributed by atoms with Gasteiger partial charge in [-0.3, -0.25) is 0 Å².